The van der Waals surface area contributed by atoms with Crippen LogP contribution in [0.25, 0.3) is 0 Å². The number of rotatable bonds is 4. The minimum Gasteiger partial charge on any atom is -0.250 e. The van der Waals surface area contributed by atoms with Crippen molar-refractivity contribution in [2.24, 2.45) is 4.36 Å². The van der Waals surface area contributed by atoms with Crippen LogP contribution in [0.2, 0.25) is 0 Å². The third kappa shape index (κ3) is 3.20. The van der Waals surface area contributed by atoms with E-state index in [0.717, 1.165) is 24.3 Å². The largest absolute Gasteiger partial charge is 0.250 e. The smallest absolute Gasteiger partial charge is 0.0464 e. The molecule has 0 fully saturated rings. The van der Waals surface area contributed by atoms with Gasteiger partial charge in [-0.25, -0.2) is 8.57 Å². The van der Waals surface area contributed by atoms with Crippen molar-refractivity contribution in [2.45, 2.75) is 26.7 Å². The molecule has 0 atom stereocenters. The third-order valence-corrected chi connectivity index (χ3v) is 4.14. The Hall–Kier alpha value is -0.0500. The average molecular weight is 163 g/mol. The molecule has 0 aromatic heterocycles. The molecule has 0 amide bonds. The van der Waals surface area contributed by atoms with Crippen molar-refractivity contribution in [3.05, 3.63) is 0 Å². The van der Waals surface area contributed by atoms with Crippen molar-refractivity contribution < 1.29 is 4.21 Å². The van der Waals surface area contributed by atoms with Crippen molar-refractivity contribution in [1.29, 1.82) is 0 Å². The van der Waals surface area contributed by atoms with Gasteiger partial charge in [0.25, 0.3) is 0 Å². The second-order valence-electron chi connectivity index (χ2n) is 2.36. The highest BCUT2D eigenvalue weighted by Gasteiger charge is 2.03. The first-order chi connectivity index (χ1) is 4.68. The summed E-state index contributed by atoms with van der Waals surface area (Å²) in [6.45, 7) is 4.08. The first kappa shape index (κ1) is 9.95. The van der Waals surface area contributed by atoms with Crippen LogP contribution in [0.15, 0.2) is 4.36 Å². The molecule has 0 aromatic rings. The predicted octanol–water partition coefficient (Wildman–Crippen LogP) is 1.90. The van der Waals surface area contributed by atoms with Gasteiger partial charge < -0.3 is 0 Å². The molecular weight excluding hydrogens is 146 g/mol. The van der Waals surface area contributed by atoms with Gasteiger partial charge >= 0.3 is 0 Å². The maximum atomic E-state index is 11.6. The summed E-state index contributed by atoms with van der Waals surface area (Å²) >= 11 is 0. The lowest BCUT2D eigenvalue weighted by atomic mass is 10.6. The Bertz CT molecular complexity index is 168. The predicted molar refractivity (Wildman–Crippen MR) is 46.8 cm³/mol. The molecule has 0 aliphatic carbocycles. The van der Waals surface area contributed by atoms with Gasteiger partial charge in [0.15, 0.2) is 0 Å². The van der Waals surface area contributed by atoms with Gasteiger partial charge in [-0.15, -0.1) is 0 Å². The summed E-state index contributed by atoms with van der Waals surface area (Å²) < 4.78 is 15.5. The van der Waals surface area contributed by atoms with Gasteiger partial charge in [0.2, 0.25) is 0 Å². The van der Waals surface area contributed by atoms with Crippen LogP contribution < -0.4 is 0 Å². The summed E-state index contributed by atoms with van der Waals surface area (Å²) in [6.07, 6.45) is 1.94. The molecule has 0 rings (SSSR count). The normalized spacial score (nSPS) is 11.5. The van der Waals surface area contributed by atoms with Gasteiger partial charge in [-0.2, -0.15) is 0 Å². The lowest BCUT2D eigenvalue weighted by Crippen LogP contribution is -2.09. The highest BCUT2D eigenvalue weighted by atomic mass is 32.2. The molecule has 3 heteroatoms. The molecule has 0 radical (unpaired) electrons. The zero-order chi connectivity index (χ0) is 8.04. The van der Waals surface area contributed by atoms with E-state index in [2.05, 4.69) is 4.36 Å². The minimum atomic E-state index is -1.80. The van der Waals surface area contributed by atoms with Gasteiger partial charge in [-0.1, -0.05) is 13.8 Å². The van der Waals surface area contributed by atoms with Crippen molar-refractivity contribution in [3.8, 4) is 0 Å². The van der Waals surface area contributed by atoms with Gasteiger partial charge in [0.05, 0.1) is 0 Å². The quantitative estimate of drug-likeness (QED) is 0.622. The molecule has 0 heterocycles. The fourth-order valence-electron chi connectivity index (χ4n) is 0.923. The van der Waals surface area contributed by atoms with Crippen LogP contribution in [-0.2, 0) is 9.73 Å². The van der Waals surface area contributed by atoms with E-state index < -0.39 is 9.73 Å². The zero-order valence-electron chi connectivity index (χ0n) is 7.09. The summed E-state index contributed by atoms with van der Waals surface area (Å²) in [5.74, 6) is 1.52. The van der Waals surface area contributed by atoms with Crippen LogP contribution in [0, 0.1) is 0 Å². The Morgan fingerprint density at radius 1 is 1.20 bits per heavy atom. The first-order valence-electron chi connectivity index (χ1n) is 3.79. The average Bonchev–Trinajstić information content (AvgIpc) is 1.89. The monoisotopic (exact) mass is 163 g/mol. The molecule has 2 nitrogen and oxygen atoms in total. The Labute approximate surface area is 64.2 Å². The summed E-state index contributed by atoms with van der Waals surface area (Å²) in [6, 6.07) is 0. The highest BCUT2D eigenvalue weighted by molar-refractivity contribution is 7.93. The molecule has 0 spiro atoms. The molecule has 0 aliphatic heterocycles. The molecule has 0 unspecified atom stereocenters. The number of nitrogens with zero attached hydrogens (tertiary/aromatic N) is 1. The Kier molecular flexibility index (Phi) is 4.69. The van der Waals surface area contributed by atoms with Gasteiger partial charge in [-0.3, -0.25) is 0 Å². The van der Waals surface area contributed by atoms with E-state index in [1.165, 1.54) is 0 Å². The number of hydrogen-bond acceptors (Lipinski definition) is 2. The Morgan fingerprint density at radius 2 is 1.60 bits per heavy atom. The van der Waals surface area contributed by atoms with Crippen molar-refractivity contribution in [3.63, 3.8) is 0 Å². The van der Waals surface area contributed by atoms with Crippen LogP contribution in [-0.4, -0.2) is 22.8 Å². The lowest BCUT2D eigenvalue weighted by Gasteiger charge is -2.04. The van der Waals surface area contributed by atoms with Crippen LogP contribution in [0.3, 0.4) is 0 Å². The van der Waals surface area contributed by atoms with Crippen molar-refractivity contribution >= 4 is 9.73 Å². The Balaban J connectivity index is 4.12. The second-order valence-corrected chi connectivity index (χ2v) is 5.09. The van der Waals surface area contributed by atoms with Crippen LogP contribution in [0.4, 0.5) is 0 Å². The van der Waals surface area contributed by atoms with Crippen molar-refractivity contribution in [1.82, 2.24) is 0 Å². The number of hydrogen-bond donors (Lipinski definition) is 0. The standard InChI is InChI=1S/C7H17NOS/c1-4-6-10(9,8-3)7-5-2/h4-7H2,1-3H3. The molecular formula is C7H17NOS. The molecule has 62 valence electrons. The SMILES string of the molecule is CCCS(=O)(CCC)=NC. The lowest BCUT2D eigenvalue weighted by molar-refractivity contribution is 0.673. The van der Waals surface area contributed by atoms with Gasteiger partial charge in [0.1, 0.15) is 0 Å². The summed E-state index contributed by atoms with van der Waals surface area (Å²) in [7, 11) is -0.142. The molecule has 0 aliphatic rings. The molecule has 0 bridgehead atoms. The Morgan fingerprint density at radius 3 is 1.80 bits per heavy atom. The summed E-state index contributed by atoms with van der Waals surface area (Å²) in [5.41, 5.74) is 0. The highest BCUT2D eigenvalue weighted by Crippen LogP contribution is 1.99. The van der Waals surface area contributed by atoms with Gasteiger partial charge in [0, 0.05) is 28.3 Å². The third-order valence-electron chi connectivity index (χ3n) is 1.38. The maximum Gasteiger partial charge on any atom is 0.0464 e. The van der Waals surface area contributed by atoms with Crippen LogP contribution in [0.5, 0.6) is 0 Å². The molecule has 0 saturated carbocycles. The van der Waals surface area contributed by atoms with E-state index in [9.17, 15) is 4.21 Å². The fraction of sp³-hybridized carbons (Fsp3) is 1.00. The molecule has 0 aromatic carbocycles. The van der Waals surface area contributed by atoms with Crippen molar-refractivity contribution in [2.75, 3.05) is 18.6 Å². The fourth-order valence-corrected chi connectivity index (χ4v) is 2.77. The van der Waals surface area contributed by atoms with E-state index in [0.29, 0.717) is 0 Å². The van der Waals surface area contributed by atoms with Crippen LogP contribution >= 0.6 is 0 Å². The minimum absolute atomic E-state index is 0.761. The van der Waals surface area contributed by atoms with E-state index >= 15 is 0 Å². The molecule has 10 heavy (non-hydrogen) atoms. The van der Waals surface area contributed by atoms with Gasteiger partial charge in [-0.05, 0) is 12.8 Å². The zero-order valence-corrected chi connectivity index (χ0v) is 7.91. The topological polar surface area (TPSA) is 29.4 Å². The molecule has 0 N–H and O–H groups in total. The second kappa shape index (κ2) is 4.72. The first-order valence-corrected chi connectivity index (χ1v) is 5.64. The summed E-state index contributed by atoms with van der Waals surface area (Å²) in [5, 5.41) is 0. The van der Waals surface area contributed by atoms with E-state index in [1.54, 1.807) is 7.05 Å². The molecule has 0 saturated heterocycles. The maximum absolute atomic E-state index is 11.6. The van der Waals surface area contributed by atoms with E-state index in [-0.39, 0.29) is 0 Å². The van der Waals surface area contributed by atoms with Crippen LogP contribution in [0.1, 0.15) is 26.7 Å². The van der Waals surface area contributed by atoms with E-state index in [1.807, 2.05) is 13.8 Å². The summed E-state index contributed by atoms with van der Waals surface area (Å²) in [4.78, 5) is 0. The van der Waals surface area contributed by atoms with E-state index in [4.69, 9.17) is 0 Å².